The van der Waals surface area contributed by atoms with Gasteiger partial charge in [-0.25, -0.2) is 0 Å². The number of methoxy groups -OCH3 is 1. The number of pyridine rings is 1. The monoisotopic (exact) mass is 275 g/mol. The summed E-state index contributed by atoms with van der Waals surface area (Å²) in [6, 6.07) is 3.72. The van der Waals surface area contributed by atoms with Gasteiger partial charge in [-0.2, -0.15) is 0 Å². The highest BCUT2D eigenvalue weighted by atomic mass is 16.5. The van der Waals surface area contributed by atoms with Gasteiger partial charge in [0.25, 0.3) is 0 Å². The summed E-state index contributed by atoms with van der Waals surface area (Å²) < 4.78 is 6.45. The summed E-state index contributed by atoms with van der Waals surface area (Å²) in [6.45, 7) is 5.44. The third kappa shape index (κ3) is 3.07. The van der Waals surface area contributed by atoms with Gasteiger partial charge in [0.1, 0.15) is 12.3 Å². The largest absolute Gasteiger partial charge is 0.500 e. The van der Waals surface area contributed by atoms with Crippen LogP contribution in [0.4, 0.5) is 0 Å². The molecule has 0 amide bonds. The van der Waals surface area contributed by atoms with Crippen LogP contribution in [-0.4, -0.2) is 49.5 Å². The number of aromatic nitrogens is 1. The number of hydrogen-bond acceptors (Lipinski definition) is 3. The predicted octanol–water partition coefficient (Wildman–Crippen LogP) is 2.43. The molecule has 0 radical (unpaired) electrons. The van der Waals surface area contributed by atoms with E-state index in [1.54, 1.807) is 14.0 Å². The number of likely N-dealkylation sites (N-methyl/N-ethyl adjacent to an activating group) is 1. The molecule has 4 heteroatoms. The molecule has 20 heavy (non-hydrogen) atoms. The zero-order chi connectivity index (χ0) is 14.9. The maximum absolute atomic E-state index is 11.6. The first-order valence-electron chi connectivity index (χ1n) is 6.90. The number of Topliss-reactive ketones (excluding diaryl/α,β-unsaturated/α-hetero) is 1. The summed E-state index contributed by atoms with van der Waals surface area (Å²) in [5.74, 6) is 1.07. The molecule has 1 aliphatic rings. The zero-order valence-electron chi connectivity index (χ0n) is 13.0. The number of hydrogen-bond donors (Lipinski definition) is 0. The number of ketones is 1. The zero-order valence-corrected chi connectivity index (χ0v) is 13.0. The maximum Gasteiger partial charge on any atom is 0.159 e. The summed E-state index contributed by atoms with van der Waals surface area (Å²) in [4.78, 5) is 16.2. The van der Waals surface area contributed by atoms with E-state index < -0.39 is 0 Å². The second-order valence-electron chi connectivity index (χ2n) is 6.11. The fourth-order valence-electron chi connectivity index (χ4n) is 2.63. The number of ether oxygens (including phenoxy) is 1. The Hall–Kier alpha value is -1.68. The average molecular weight is 275 g/mol. The maximum atomic E-state index is 11.6. The van der Waals surface area contributed by atoms with Gasteiger partial charge < -0.3 is 9.22 Å². The number of quaternary nitrogens is 1. The van der Waals surface area contributed by atoms with Crippen LogP contribution in [0.2, 0.25) is 0 Å². The Morgan fingerprint density at radius 3 is 2.65 bits per heavy atom. The van der Waals surface area contributed by atoms with Gasteiger partial charge >= 0.3 is 0 Å². The van der Waals surface area contributed by atoms with Gasteiger partial charge in [0.05, 0.1) is 45.4 Å². The van der Waals surface area contributed by atoms with E-state index in [0.29, 0.717) is 5.56 Å². The summed E-state index contributed by atoms with van der Waals surface area (Å²) in [7, 11) is 6.12. The van der Waals surface area contributed by atoms with Gasteiger partial charge in [0.15, 0.2) is 5.78 Å². The van der Waals surface area contributed by atoms with Gasteiger partial charge in [-0.15, -0.1) is 0 Å². The van der Waals surface area contributed by atoms with Crippen LogP contribution in [-0.2, 0) is 4.74 Å². The molecule has 0 bridgehead atoms. The van der Waals surface area contributed by atoms with Crippen LogP contribution in [0.25, 0.3) is 5.57 Å². The van der Waals surface area contributed by atoms with Gasteiger partial charge in [0, 0.05) is 11.3 Å². The summed E-state index contributed by atoms with van der Waals surface area (Å²) in [5.41, 5.74) is 3.57. The molecule has 2 rings (SSSR count). The van der Waals surface area contributed by atoms with Crippen molar-refractivity contribution in [2.75, 3.05) is 34.3 Å². The summed E-state index contributed by atoms with van der Waals surface area (Å²) in [6.07, 6.45) is 0.907. The van der Waals surface area contributed by atoms with E-state index in [1.807, 2.05) is 19.1 Å². The van der Waals surface area contributed by atoms with Crippen molar-refractivity contribution in [3.63, 3.8) is 0 Å². The van der Waals surface area contributed by atoms with E-state index in [0.717, 1.165) is 46.7 Å². The molecule has 0 aromatic carbocycles. The van der Waals surface area contributed by atoms with Gasteiger partial charge in [-0.1, -0.05) is 0 Å². The first-order chi connectivity index (χ1) is 9.32. The SMILES string of the molecule is COC1=C(c2cc(C(C)=O)cc(C)n2)C[N+](C)(C)CC1. The van der Waals surface area contributed by atoms with Crippen molar-refractivity contribution in [2.24, 2.45) is 0 Å². The first-order valence-corrected chi connectivity index (χ1v) is 6.90. The molecule has 1 aliphatic heterocycles. The van der Waals surface area contributed by atoms with Crippen LogP contribution < -0.4 is 0 Å². The van der Waals surface area contributed by atoms with Crippen LogP contribution in [0.3, 0.4) is 0 Å². The number of rotatable bonds is 3. The Kier molecular flexibility index (Phi) is 3.95. The first kappa shape index (κ1) is 14.7. The van der Waals surface area contributed by atoms with E-state index in [9.17, 15) is 4.79 Å². The van der Waals surface area contributed by atoms with Crippen molar-refractivity contribution < 1.29 is 14.0 Å². The Morgan fingerprint density at radius 2 is 2.05 bits per heavy atom. The number of aryl methyl sites for hydroxylation is 1. The second kappa shape index (κ2) is 5.37. The fraction of sp³-hybridized carbons (Fsp3) is 0.500. The van der Waals surface area contributed by atoms with Crippen LogP contribution in [0, 0.1) is 6.92 Å². The second-order valence-corrected chi connectivity index (χ2v) is 6.11. The molecule has 0 spiro atoms. The summed E-state index contributed by atoms with van der Waals surface area (Å²) in [5, 5.41) is 0. The topological polar surface area (TPSA) is 39.2 Å². The molecule has 0 atom stereocenters. The average Bonchev–Trinajstić information content (AvgIpc) is 2.37. The molecule has 4 nitrogen and oxygen atoms in total. The molecule has 108 valence electrons. The number of nitrogens with zero attached hydrogens (tertiary/aromatic N) is 2. The van der Waals surface area contributed by atoms with E-state index in [4.69, 9.17) is 4.74 Å². The van der Waals surface area contributed by atoms with Crippen molar-refractivity contribution in [2.45, 2.75) is 20.3 Å². The molecule has 0 saturated carbocycles. The van der Waals surface area contributed by atoms with Crippen molar-refractivity contribution in [3.8, 4) is 0 Å². The minimum absolute atomic E-state index is 0.0703. The third-order valence-electron chi connectivity index (χ3n) is 3.78. The lowest BCUT2D eigenvalue weighted by Gasteiger charge is -2.35. The van der Waals surface area contributed by atoms with E-state index in [2.05, 4.69) is 19.1 Å². The van der Waals surface area contributed by atoms with Gasteiger partial charge in [0.2, 0.25) is 0 Å². The lowest BCUT2D eigenvalue weighted by Crippen LogP contribution is -2.44. The van der Waals surface area contributed by atoms with Gasteiger partial charge in [-0.3, -0.25) is 9.78 Å². The van der Waals surface area contributed by atoms with Crippen molar-refractivity contribution in [1.82, 2.24) is 4.98 Å². The quantitative estimate of drug-likeness (QED) is 0.628. The molecule has 1 aromatic heterocycles. The van der Waals surface area contributed by atoms with Crippen molar-refractivity contribution in [3.05, 3.63) is 34.8 Å². The molecule has 0 aliphatic carbocycles. The molecular formula is C16H23N2O2+. The third-order valence-corrected chi connectivity index (χ3v) is 3.78. The molecule has 1 aromatic rings. The molecule has 0 saturated heterocycles. The Labute approximate surface area is 120 Å². The van der Waals surface area contributed by atoms with Crippen LogP contribution in [0.1, 0.15) is 35.1 Å². The highest BCUT2D eigenvalue weighted by Crippen LogP contribution is 2.29. The van der Waals surface area contributed by atoms with Gasteiger partial charge in [-0.05, 0) is 26.0 Å². The molecule has 0 N–H and O–H groups in total. The number of carbonyl (C=O) groups is 1. The lowest BCUT2D eigenvalue weighted by molar-refractivity contribution is -0.884. The Bertz CT molecular complexity index is 574. The smallest absolute Gasteiger partial charge is 0.159 e. The summed E-state index contributed by atoms with van der Waals surface area (Å²) >= 11 is 0. The Morgan fingerprint density at radius 1 is 1.35 bits per heavy atom. The minimum atomic E-state index is 0.0703. The van der Waals surface area contributed by atoms with Crippen molar-refractivity contribution in [1.29, 1.82) is 0 Å². The highest BCUT2D eigenvalue weighted by molar-refractivity contribution is 5.94. The van der Waals surface area contributed by atoms with E-state index in [-0.39, 0.29) is 5.78 Å². The normalized spacial score (nSPS) is 18.1. The molecule has 2 heterocycles. The van der Waals surface area contributed by atoms with Crippen molar-refractivity contribution >= 4 is 11.4 Å². The van der Waals surface area contributed by atoms with E-state index in [1.165, 1.54) is 0 Å². The molecule has 0 unspecified atom stereocenters. The lowest BCUT2D eigenvalue weighted by atomic mass is 10.00. The number of carbonyl (C=O) groups excluding carboxylic acids is 1. The fourth-order valence-corrected chi connectivity index (χ4v) is 2.63. The van der Waals surface area contributed by atoms with E-state index >= 15 is 0 Å². The Balaban J connectivity index is 2.52. The molecular weight excluding hydrogens is 252 g/mol. The standard InChI is InChI=1S/C16H23N2O2/c1-11-8-13(12(2)19)9-15(17-11)14-10-18(3,4)7-6-16(14)20-5/h8-9H,6-7,10H2,1-5H3/q+1. The van der Waals surface area contributed by atoms with Crippen LogP contribution in [0.5, 0.6) is 0 Å². The van der Waals surface area contributed by atoms with Crippen LogP contribution in [0.15, 0.2) is 17.9 Å². The predicted molar refractivity (Wildman–Crippen MR) is 79.4 cm³/mol. The molecule has 0 fully saturated rings. The highest BCUT2D eigenvalue weighted by Gasteiger charge is 2.29. The minimum Gasteiger partial charge on any atom is -0.500 e. The van der Waals surface area contributed by atoms with Crippen LogP contribution >= 0.6 is 0 Å².